The number of alkyl halides is 2. The first-order chi connectivity index (χ1) is 9.08. The highest BCUT2D eigenvalue weighted by atomic mass is 35.5. The third-order valence-electron chi connectivity index (χ3n) is 2.85. The molecule has 21 heavy (non-hydrogen) atoms. The maximum Gasteiger partial charge on any atom is 0.257 e. The van der Waals surface area contributed by atoms with Gasteiger partial charge in [0.1, 0.15) is 11.4 Å². The highest BCUT2D eigenvalue weighted by Gasteiger charge is 2.28. The molecular weight excluding hydrogens is 326 g/mol. The minimum Gasteiger partial charge on any atom is -0.330 e. The summed E-state index contributed by atoms with van der Waals surface area (Å²) in [5, 5.41) is 3.63. The van der Waals surface area contributed by atoms with Crippen molar-refractivity contribution in [1.82, 2.24) is 14.1 Å². The van der Waals surface area contributed by atoms with Crippen molar-refractivity contribution < 1.29 is 17.2 Å². The monoisotopic (exact) mass is 346 g/mol. The summed E-state index contributed by atoms with van der Waals surface area (Å²) in [4.78, 5) is -0.103. The van der Waals surface area contributed by atoms with Crippen molar-refractivity contribution in [2.45, 2.75) is 31.7 Å². The fourth-order valence-corrected chi connectivity index (χ4v) is 2.97. The molecule has 0 aliphatic heterocycles. The third-order valence-corrected chi connectivity index (χ3v) is 4.60. The lowest BCUT2D eigenvalue weighted by atomic mass is 9.94. The van der Waals surface area contributed by atoms with E-state index in [2.05, 4.69) is 5.10 Å². The van der Waals surface area contributed by atoms with Crippen LogP contribution in [0, 0.1) is 5.41 Å². The van der Waals surface area contributed by atoms with Crippen molar-refractivity contribution in [3.8, 4) is 0 Å². The van der Waals surface area contributed by atoms with Crippen LogP contribution in [0.25, 0.3) is 0 Å². The first-order valence-corrected chi connectivity index (χ1v) is 7.49. The number of halogens is 3. The van der Waals surface area contributed by atoms with Crippen molar-refractivity contribution in [2.75, 3.05) is 20.1 Å². The highest BCUT2D eigenvalue weighted by molar-refractivity contribution is 7.89. The van der Waals surface area contributed by atoms with E-state index in [4.69, 9.17) is 5.73 Å². The molecule has 0 fully saturated rings. The van der Waals surface area contributed by atoms with Crippen molar-refractivity contribution >= 4 is 22.4 Å². The van der Waals surface area contributed by atoms with Gasteiger partial charge in [0.15, 0.2) is 0 Å². The summed E-state index contributed by atoms with van der Waals surface area (Å²) in [5.74, 6) is 0. The van der Waals surface area contributed by atoms with Crippen molar-refractivity contribution in [2.24, 2.45) is 11.1 Å². The van der Waals surface area contributed by atoms with E-state index in [0.717, 1.165) is 21.4 Å². The van der Waals surface area contributed by atoms with E-state index in [1.807, 2.05) is 13.8 Å². The Bertz CT molecular complexity index is 548. The van der Waals surface area contributed by atoms with Crippen LogP contribution in [0.5, 0.6) is 0 Å². The lowest BCUT2D eigenvalue weighted by Gasteiger charge is -2.28. The van der Waals surface area contributed by atoms with Gasteiger partial charge in [-0.1, -0.05) is 13.8 Å². The molecule has 124 valence electrons. The van der Waals surface area contributed by atoms with E-state index in [0.29, 0.717) is 6.54 Å². The molecule has 0 bridgehead atoms. The number of sulfonamides is 1. The average molecular weight is 347 g/mol. The van der Waals surface area contributed by atoms with Gasteiger partial charge >= 0.3 is 0 Å². The topological polar surface area (TPSA) is 81.2 Å². The SMILES string of the molecule is CN(CC(C)(C)CN)S(=O)(=O)c1cnn(CC(F)F)c1.Cl. The summed E-state index contributed by atoms with van der Waals surface area (Å²) < 4.78 is 51.0. The van der Waals surface area contributed by atoms with Gasteiger partial charge < -0.3 is 5.73 Å². The van der Waals surface area contributed by atoms with Gasteiger partial charge in [-0.25, -0.2) is 21.5 Å². The molecule has 1 aromatic rings. The van der Waals surface area contributed by atoms with E-state index in [1.54, 1.807) is 0 Å². The molecule has 0 saturated heterocycles. The van der Waals surface area contributed by atoms with Crippen molar-refractivity contribution in [3.63, 3.8) is 0 Å². The Morgan fingerprint density at radius 3 is 2.52 bits per heavy atom. The summed E-state index contributed by atoms with van der Waals surface area (Å²) in [6.07, 6.45) is -0.406. The zero-order valence-corrected chi connectivity index (χ0v) is 13.8. The Hall–Kier alpha value is -0.770. The molecule has 0 aromatic carbocycles. The minimum atomic E-state index is -3.75. The number of nitrogens with zero attached hydrogens (tertiary/aromatic N) is 3. The maximum atomic E-state index is 12.3. The second-order valence-corrected chi connectivity index (χ2v) is 7.46. The largest absolute Gasteiger partial charge is 0.330 e. The maximum absolute atomic E-state index is 12.3. The zero-order chi connectivity index (χ0) is 15.6. The summed E-state index contributed by atoms with van der Waals surface area (Å²) in [5.41, 5.74) is 5.20. The Morgan fingerprint density at radius 1 is 1.48 bits per heavy atom. The normalized spacial score (nSPS) is 12.8. The number of hydrogen-bond acceptors (Lipinski definition) is 4. The molecular formula is C11H21ClF2N4O2S. The van der Waals surface area contributed by atoms with Crippen LogP contribution in [0.4, 0.5) is 8.78 Å². The van der Waals surface area contributed by atoms with Crippen LogP contribution in [0.2, 0.25) is 0 Å². The molecule has 1 aromatic heterocycles. The van der Waals surface area contributed by atoms with Gasteiger partial charge in [0.2, 0.25) is 10.0 Å². The second-order valence-electron chi connectivity index (χ2n) is 5.42. The van der Waals surface area contributed by atoms with Crippen LogP contribution >= 0.6 is 12.4 Å². The van der Waals surface area contributed by atoms with Gasteiger partial charge in [0, 0.05) is 19.8 Å². The number of nitrogens with two attached hydrogens (primary N) is 1. The molecule has 0 atom stereocenters. The molecule has 1 rings (SSSR count). The first kappa shape index (κ1) is 20.2. The predicted molar refractivity (Wildman–Crippen MR) is 78.1 cm³/mol. The standard InChI is InChI=1S/C11H20F2N4O2S.ClH/c1-11(2,7-14)8-16(3)20(18,19)9-4-15-17(5-9)6-10(12)13;/h4-5,10H,6-8,14H2,1-3H3;1H. The van der Waals surface area contributed by atoms with Crippen molar-refractivity contribution in [1.29, 1.82) is 0 Å². The predicted octanol–water partition coefficient (Wildman–Crippen LogP) is 1.18. The Labute approximate surface area is 129 Å². The molecule has 0 radical (unpaired) electrons. The quantitative estimate of drug-likeness (QED) is 0.803. The summed E-state index contributed by atoms with van der Waals surface area (Å²) in [6.45, 7) is 3.62. The summed E-state index contributed by atoms with van der Waals surface area (Å²) in [6, 6.07) is 0. The van der Waals surface area contributed by atoms with Crippen LogP contribution in [-0.2, 0) is 16.6 Å². The van der Waals surface area contributed by atoms with Crippen molar-refractivity contribution in [3.05, 3.63) is 12.4 Å². The lowest BCUT2D eigenvalue weighted by Crippen LogP contribution is -2.39. The van der Waals surface area contributed by atoms with Crippen LogP contribution in [0.1, 0.15) is 13.8 Å². The van der Waals surface area contributed by atoms with Gasteiger partial charge in [0.05, 0.1) is 6.20 Å². The summed E-state index contributed by atoms with van der Waals surface area (Å²) >= 11 is 0. The molecule has 0 saturated carbocycles. The Balaban J connectivity index is 0.00000400. The Kier molecular flexibility index (Phi) is 7.21. The number of rotatable bonds is 7. The van der Waals surface area contributed by atoms with E-state index >= 15 is 0 Å². The molecule has 1 heterocycles. The molecule has 0 amide bonds. The smallest absolute Gasteiger partial charge is 0.257 e. The highest BCUT2D eigenvalue weighted by Crippen LogP contribution is 2.20. The third kappa shape index (κ3) is 5.50. The fourth-order valence-electron chi connectivity index (χ4n) is 1.65. The molecule has 0 unspecified atom stereocenters. The molecule has 10 heteroatoms. The van der Waals surface area contributed by atoms with Gasteiger partial charge in [-0.3, -0.25) is 4.68 Å². The Morgan fingerprint density at radius 2 is 2.05 bits per heavy atom. The molecule has 0 aliphatic carbocycles. The number of hydrogen-bond donors (Lipinski definition) is 1. The van der Waals surface area contributed by atoms with E-state index in [-0.39, 0.29) is 29.3 Å². The fraction of sp³-hybridized carbons (Fsp3) is 0.727. The molecule has 0 aliphatic rings. The van der Waals surface area contributed by atoms with Crippen LogP contribution in [-0.4, -0.2) is 49.1 Å². The van der Waals surface area contributed by atoms with Crippen LogP contribution in [0.3, 0.4) is 0 Å². The van der Waals surface area contributed by atoms with Gasteiger partial charge in [0.25, 0.3) is 6.43 Å². The van der Waals surface area contributed by atoms with E-state index < -0.39 is 23.0 Å². The van der Waals surface area contributed by atoms with E-state index in [1.165, 1.54) is 7.05 Å². The number of aromatic nitrogens is 2. The van der Waals surface area contributed by atoms with E-state index in [9.17, 15) is 17.2 Å². The van der Waals surface area contributed by atoms with Gasteiger partial charge in [-0.2, -0.15) is 5.10 Å². The van der Waals surface area contributed by atoms with Crippen LogP contribution < -0.4 is 5.73 Å². The lowest BCUT2D eigenvalue weighted by molar-refractivity contribution is 0.121. The first-order valence-electron chi connectivity index (χ1n) is 6.05. The van der Waals surface area contributed by atoms with Crippen LogP contribution in [0.15, 0.2) is 17.3 Å². The average Bonchev–Trinajstić information content (AvgIpc) is 2.76. The molecule has 2 N–H and O–H groups in total. The van der Waals surface area contributed by atoms with Gasteiger partial charge in [-0.15, -0.1) is 12.4 Å². The molecule has 0 spiro atoms. The van der Waals surface area contributed by atoms with Gasteiger partial charge in [-0.05, 0) is 12.0 Å². The molecule has 6 nitrogen and oxygen atoms in total. The zero-order valence-electron chi connectivity index (χ0n) is 12.2. The summed E-state index contributed by atoms with van der Waals surface area (Å²) in [7, 11) is -2.32. The second kappa shape index (κ2) is 7.48. The minimum absolute atomic E-state index is 0.